The fraction of sp³-hybridized carbons (Fsp3) is 0.722. The normalized spacial score (nSPS) is 27.3. The molecule has 4 atom stereocenters. The SMILES string of the molecule is CCOP(=O)(COC[C@H]1O[C@@H](n2cnc3c(Cl)nc(Cl)nc32)[C@@H]2OC(C)(C)O[C@@H]21)OCC. The molecule has 0 saturated carbocycles. The number of hydrogen-bond acceptors (Lipinski definition) is 10. The Labute approximate surface area is 195 Å². The molecule has 0 N–H and O–H groups in total. The van der Waals surface area contributed by atoms with Crippen molar-refractivity contribution in [1.82, 2.24) is 19.5 Å². The van der Waals surface area contributed by atoms with E-state index in [1.54, 1.807) is 24.7 Å². The van der Waals surface area contributed by atoms with Gasteiger partial charge in [0.15, 0.2) is 22.8 Å². The lowest BCUT2D eigenvalue weighted by molar-refractivity contribution is -0.201. The van der Waals surface area contributed by atoms with Gasteiger partial charge in [-0.05, 0) is 39.3 Å². The summed E-state index contributed by atoms with van der Waals surface area (Å²) >= 11 is 12.1. The molecule has 2 fully saturated rings. The van der Waals surface area contributed by atoms with E-state index < -0.39 is 37.9 Å². The molecule has 2 saturated heterocycles. The second-order valence-corrected chi connectivity index (χ2v) is 10.4. The molecule has 2 aliphatic rings. The summed E-state index contributed by atoms with van der Waals surface area (Å²) in [5.74, 6) is -0.831. The smallest absolute Gasteiger partial charge is 0.356 e. The first-order chi connectivity index (χ1) is 15.2. The molecular formula is C18H25Cl2N4O7P. The highest BCUT2D eigenvalue weighted by molar-refractivity contribution is 7.53. The van der Waals surface area contributed by atoms with Crippen molar-refractivity contribution in [1.29, 1.82) is 0 Å². The highest BCUT2D eigenvalue weighted by atomic mass is 35.5. The number of aromatic nitrogens is 4. The van der Waals surface area contributed by atoms with Crippen LogP contribution in [-0.4, -0.2) is 69.8 Å². The second kappa shape index (κ2) is 9.40. The molecular weight excluding hydrogens is 486 g/mol. The number of hydrogen-bond donors (Lipinski definition) is 0. The average molecular weight is 511 g/mol. The quantitative estimate of drug-likeness (QED) is 0.280. The van der Waals surface area contributed by atoms with Crippen molar-refractivity contribution in [2.45, 2.75) is 58.0 Å². The molecule has 4 heterocycles. The summed E-state index contributed by atoms with van der Waals surface area (Å²) in [5.41, 5.74) is 0.800. The van der Waals surface area contributed by atoms with Gasteiger partial charge >= 0.3 is 7.60 Å². The topological polar surface area (TPSA) is 116 Å². The van der Waals surface area contributed by atoms with Crippen molar-refractivity contribution >= 4 is 42.0 Å². The van der Waals surface area contributed by atoms with E-state index in [4.69, 9.17) is 51.2 Å². The number of imidazole rings is 1. The number of fused-ring (bicyclic) bond motifs is 2. The standard InChI is InChI=1S/C18H25Cl2N4O7P/c1-5-27-32(25,28-6-2)9-26-7-10-12-13(31-18(3,4)30-12)16(29-10)24-8-21-11-14(19)22-17(20)23-15(11)24/h8,10,12-13,16H,5-7,9H2,1-4H3/t10-,12-,13-,16-/m1/s1. The third kappa shape index (κ3) is 4.82. The van der Waals surface area contributed by atoms with E-state index in [0.29, 0.717) is 11.2 Å². The predicted molar refractivity (Wildman–Crippen MR) is 115 cm³/mol. The number of ether oxygens (including phenoxy) is 4. The average Bonchev–Trinajstić information content (AvgIpc) is 3.34. The first-order valence-electron chi connectivity index (χ1n) is 10.2. The van der Waals surface area contributed by atoms with Crippen molar-refractivity contribution < 1.29 is 32.6 Å². The van der Waals surface area contributed by atoms with Crippen LogP contribution in [0.1, 0.15) is 33.9 Å². The van der Waals surface area contributed by atoms with Gasteiger partial charge in [0.05, 0.1) is 26.1 Å². The first-order valence-corrected chi connectivity index (χ1v) is 12.7. The van der Waals surface area contributed by atoms with Gasteiger partial charge in [0, 0.05) is 0 Å². The van der Waals surface area contributed by atoms with E-state index in [9.17, 15) is 4.57 Å². The maximum Gasteiger partial charge on any atom is 0.356 e. The van der Waals surface area contributed by atoms with Crippen LogP contribution in [0.25, 0.3) is 11.2 Å². The maximum absolute atomic E-state index is 12.7. The van der Waals surface area contributed by atoms with Crippen LogP contribution in [0.15, 0.2) is 6.33 Å². The second-order valence-electron chi connectivity index (χ2n) is 7.68. The zero-order chi connectivity index (χ0) is 23.1. The lowest BCUT2D eigenvalue weighted by atomic mass is 10.1. The Morgan fingerprint density at radius 3 is 2.53 bits per heavy atom. The van der Waals surface area contributed by atoms with Crippen LogP contribution in [0.4, 0.5) is 0 Å². The molecule has 2 aliphatic heterocycles. The van der Waals surface area contributed by atoms with Gasteiger partial charge in [-0.1, -0.05) is 11.6 Å². The minimum atomic E-state index is -3.35. The summed E-state index contributed by atoms with van der Waals surface area (Å²) in [6.45, 7) is 7.71. The Morgan fingerprint density at radius 1 is 1.16 bits per heavy atom. The van der Waals surface area contributed by atoms with Crippen LogP contribution in [0, 0.1) is 0 Å². The van der Waals surface area contributed by atoms with Gasteiger partial charge in [-0.15, -0.1) is 0 Å². The molecule has 14 heteroatoms. The molecule has 2 aromatic heterocycles. The first kappa shape index (κ1) is 24.3. The van der Waals surface area contributed by atoms with Crippen molar-refractivity contribution in [3.63, 3.8) is 0 Å². The van der Waals surface area contributed by atoms with E-state index in [0.717, 1.165) is 0 Å². The number of nitrogens with zero attached hydrogens (tertiary/aromatic N) is 4. The van der Waals surface area contributed by atoms with Crippen LogP contribution in [0.2, 0.25) is 10.4 Å². The summed E-state index contributed by atoms with van der Waals surface area (Å²) in [6, 6.07) is 0. The largest absolute Gasteiger partial charge is 0.366 e. The predicted octanol–water partition coefficient (Wildman–Crippen LogP) is 3.79. The zero-order valence-corrected chi connectivity index (χ0v) is 20.5. The fourth-order valence-electron chi connectivity index (χ4n) is 3.85. The molecule has 0 radical (unpaired) electrons. The summed E-state index contributed by atoms with van der Waals surface area (Å²) in [5, 5.41) is 0.130. The molecule has 0 aromatic carbocycles. The van der Waals surface area contributed by atoms with Crippen molar-refractivity contribution in [3.05, 3.63) is 16.8 Å². The van der Waals surface area contributed by atoms with Crippen molar-refractivity contribution in [3.8, 4) is 0 Å². The summed E-state index contributed by atoms with van der Waals surface area (Å²) in [4.78, 5) is 12.4. The van der Waals surface area contributed by atoms with E-state index in [2.05, 4.69) is 15.0 Å². The van der Waals surface area contributed by atoms with E-state index in [1.165, 1.54) is 0 Å². The van der Waals surface area contributed by atoms with Gasteiger partial charge in [0.1, 0.15) is 30.2 Å². The number of rotatable bonds is 9. The lowest BCUT2D eigenvalue weighted by Gasteiger charge is -2.25. The Balaban J connectivity index is 1.54. The molecule has 178 valence electrons. The molecule has 32 heavy (non-hydrogen) atoms. The molecule has 0 bridgehead atoms. The molecule has 0 amide bonds. The molecule has 11 nitrogen and oxygen atoms in total. The molecule has 0 unspecified atom stereocenters. The number of halogens is 2. The van der Waals surface area contributed by atoms with Crippen LogP contribution in [0.3, 0.4) is 0 Å². The third-order valence-electron chi connectivity index (χ3n) is 4.93. The third-order valence-corrected chi connectivity index (χ3v) is 7.17. The van der Waals surface area contributed by atoms with Gasteiger partial charge in [0.25, 0.3) is 0 Å². The maximum atomic E-state index is 12.7. The minimum Gasteiger partial charge on any atom is -0.366 e. The monoisotopic (exact) mass is 510 g/mol. The van der Waals surface area contributed by atoms with Crippen LogP contribution in [-0.2, 0) is 32.6 Å². The molecule has 2 aromatic rings. The molecule has 4 rings (SSSR count). The Hall–Kier alpha value is -0.880. The summed E-state index contributed by atoms with van der Waals surface area (Å²) < 4.78 is 49.0. The fourth-order valence-corrected chi connectivity index (χ4v) is 5.61. The summed E-state index contributed by atoms with van der Waals surface area (Å²) in [7, 11) is -3.35. The lowest BCUT2D eigenvalue weighted by Crippen LogP contribution is -2.33. The van der Waals surface area contributed by atoms with Gasteiger partial charge in [-0.3, -0.25) is 9.13 Å². The Bertz CT molecular complexity index is 1010. The van der Waals surface area contributed by atoms with Crippen molar-refractivity contribution in [2.75, 3.05) is 26.2 Å². The Morgan fingerprint density at radius 2 is 1.84 bits per heavy atom. The van der Waals surface area contributed by atoms with Crippen LogP contribution in [0.5, 0.6) is 0 Å². The van der Waals surface area contributed by atoms with E-state index in [-0.39, 0.29) is 36.6 Å². The van der Waals surface area contributed by atoms with E-state index in [1.807, 2.05) is 13.8 Å². The van der Waals surface area contributed by atoms with Gasteiger partial charge in [-0.25, -0.2) is 9.97 Å². The van der Waals surface area contributed by atoms with Gasteiger partial charge < -0.3 is 28.0 Å². The molecule has 0 spiro atoms. The highest BCUT2D eigenvalue weighted by Crippen LogP contribution is 2.49. The Kier molecular flexibility index (Phi) is 7.13. The van der Waals surface area contributed by atoms with Crippen molar-refractivity contribution in [2.24, 2.45) is 0 Å². The van der Waals surface area contributed by atoms with Gasteiger partial charge in [-0.2, -0.15) is 4.98 Å². The minimum absolute atomic E-state index is 0.00907. The van der Waals surface area contributed by atoms with E-state index >= 15 is 0 Å². The van der Waals surface area contributed by atoms with Crippen LogP contribution < -0.4 is 0 Å². The van der Waals surface area contributed by atoms with Crippen LogP contribution >= 0.6 is 30.8 Å². The highest BCUT2D eigenvalue weighted by Gasteiger charge is 2.56. The molecule has 0 aliphatic carbocycles. The summed E-state index contributed by atoms with van der Waals surface area (Å²) in [6.07, 6.45) is -0.734. The van der Waals surface area contributed by atoms with Gasteiger partial charge in [0.2, 0.25) is 5.28 Å². The zero-order valence-electron chi connectivity index (χ0n) is 18.1.